The number of fused-ring (bicyclic) bond motifs is 3. The highest BCUT2D eigenvalue weighted by molar-refractivity contribution is 5.41. The molecule has 0 spiro atoms. The van der Waals surface area contributed by atoms with E-state index in [9.17, 15) is 0 Å². The molecule has 26 heavy (non-hydrogen) atoms. The first-order valence-electron chi connectivity index (χ1n) is 10.2. The minimum Gasteiger partial charge on any atom is -0.497 e. The molecule has 0 radical (unpaired) electrons. The van der Waals surface area contributed by atoms with Gasteiger partial charge in [-0.1, -0.05) is 20.8 Å². The van der Waals surface area contributed by atoms with Crippen LogP contribution < -0.4 is 9.47 Å². The number of methoxy groups -OCH3 is 2. The zero-order chi connectivity index (χ0) is 18.7. The van der Waals surface area contributed by atoms with E-state index in [0.717, 1.165) is 17.9 Å². The van der Waals surface area contributed by atoms with Crippen molar-refractivity contribution in [3.8, 4) is 11.5 Å². The summed E-state index contributed by atoms with van der Waals surface area (Å²) in [6.07, 6.45) is 6.60. The second-order valence-electron chi connectivity index (χ2n) is 9.56. The molecule has 2 saturated carbocycles. The topological polar surface area (TPSA) is 31.0 Å². The van der Waals surface area contributed by atoms with Crippen LogP contribution in [-0.2, 0) is 11.2 Å². The second kappa shape index (κ2) is 5.89. The molecular weight excluding hydrogens is 324 g/mol. The molecule has 0 unspecified atom stereocenters. The van der Waals surface area contributed by atoms with Gasteiger partial charge in [-0.25, -0.2) is 0 Å². The molecule has 6 atom stereocenters. The Morgan fingerprint density at radius 3 is 2.54 bits per heavy atom. The summed E-state index contributed by atoms with van der Waals surface area (Å²) in [6.45, 7) is 9.84. The molecule has 0 aromatic heterocycles. The largest absolute Gasteiger partial charge is 0.497 e. The first-order chi connectivity index (χ1) is 12.3. The highest BCUT2D eigenvalue weighted by Gasteiger charge is 2.71. The highest BCUT2D eigenvalue weighted by Crippen LogP contribution is 2.70. The van der Waals surface area contributed by atoms with Gasteiger partial charge >= 0.3 is 0 Å². The Bertz CT molecular complexity index is 701. The van der Waals surface area contributed by atoms with E-state index in [1.807, 2.05) is 12.1 Å². The van der Waals surface area contributed by atoms with Gasteiger partial charge in [0.05, 0.1) is 25.9 Å². The molecule has 3 nitrogen and oxygen atoms in total. The first kappa shape index (κ1) is 18.2. The molecule has 4 rings (SSSR count). The van der Waals surface area contributed by atoms with Crippen LogP contribution in [0.1, 0.15) is 58.9 Å². The van der Waals surface area contributed by atoms with E-state index in [4.69, 9.17) is 14.2 Å². The second-order valence-corrected chi connectivity index (χ2v) is 9.56. The molecule has 2 aliphatic carbocycles. The molecule has 0 N–H and O–H groups in total. The third kappa shape index (κ3) is 2.35. The smallest absolute Gasteiger partial charge is 0.122 e. The quantitative estimate of drug-likeness (QED) is 0.688. The fraction of sp³-hybridized carbons (Fsp3) is 0.739. The lowest BCUT2D eigenvalue weighted by atomic mass is 9.44. The standard InChI is InChI=1S/C23H34O3/c1-15-11-12-22(3)19(9-10-20-23(22,4)26-20)21(15,2)14-16-13-17(24-5)7-8-18(16)25-6/h7-8,13,15,19-20H,9-12,14H2,1-6H3/t15-,19-,20-,21+,22-,23-/m0/s1. The maximum Gasteiger partial charge on any atom is 0.122 e. The van der Waals surface area contributed by atoms with Crippen molar-refractivity contribution < 1.29 is 14.2 Å². The fourth-order valence-corrected chi connectivity index (χ4v) is 6.48. The summed E-state index contributed by atoms with van der Waals surface area (Å²) in [5, 5.41) is 0. The van der Waals surface area contributed by atoms with Crippen LogP contribution in [0.25, 0.3) is 0 Å². The van der Waals surface area contributed by atoms with Crippen molar-refractivity contribution in [1.29, 1.82) is 0 Å². The molecule has 1 aromatic carbocycles. The molecule has 0 amide bonds. The summed E-state index contributed by atoms with van der Waals surface area (Å²) in [5.74, 6) is 3.26. The lowest BCUT2D eigenvalue weighted by Crippen LogP contribution is -2.56. The monoisotopic (exact) mass is 358 g/mol. The van der Waals surface area contributed by atoms with Gasteiger partial charge in [-0.2, -0.15) is 0 Å². The van der Waals surface area contributed by atoms with Crippen LogP contribution in [0.15, 0.2) is 18.2 Å². The van der Waals surface area contributed by atoms with E-state index < -0.39 is 0 Å². The number of ether oxygens (including phenoxy) is 3. The number of rotatable bonds is 4. The Kier molecular flexibility index (Phi) is 4.11. The number of benzene rings is 1. The summed E-state index contributed by atoms with van der Waals surface area (Å²) in [4.78, 5) is 0. The van der Waals surface area contributed by atoms with Gasteiger partial charge in [0.15, 0.2) is 0 Å². The Morgan fingerprint density at radius 2 is 1.85 bits per heavy atom. The molecule has 3 heteroatoms. The molecule has 1 saturated heterocycles. The summed E-state index contributed by atoms with van der Waals surface area (Å²) in [5.41, 5.74) is 1.89. The van der Waals surface area contributed by atoms with E-state index in [2.05, 4.69) is 33.8 Å². The van der Waals surface area contributed by atoms with E-state index in [0.29, 0.717) is 17.9 Å². The van der Waals surface area contributed by atoms with Crippen molar-refractivity contribution in [2.45, 2.75) is 71.5 Å². The van der Waals surface area contributed by atoms with Gasteiger partial charge in [-0.15, -0.1) is 0 Å². The Balaban J connectivity index is 1.72. The fourth-order valence-electron chi connectivity index (χ4n) is 6.48. The third-order valence-electron chi connectivity index (χ3n) is 8.64. The lowest BCUT2D eigenvalue weighted by molar-refractivity contribution is -0.0980. The van der Waals surface area contributed by atoms with Crippen LogP contribution in [0, 0.1) is 22.7 Å². The van der Waals surface area contributed by atoms with Crippen LogP contribution >= 0.6 is 0 Å². The molecule has 1 aromatic rings. The summed E-state index contributed by atoms with van der Waals surface area (Å²) in [6, 6.07) is 6.21. The Morgan fingerprint density at radius 1 is 1.08 bits per heavy atom. The molecule has 3 fully saturated rings. The maximum atomic E-state index is 6.25. The average Bonchev–Trinajstić information content (AvgIpc) is 3.31. The van der Waals surface area contributed by atoms with Crippen LogP contribution in [0.3, 0.4) is 0 Å². The predicted octanol–water partition coefficient (Wildman–Crippen LogP) is 5.26. The number of epoxide rings is 1. The zero-order valence-electron chi connectivity index (χ0n) is 17.2. The van der Waals surface area contributed by atoms with Crippen molar-refractivity contribution in [2.75, 3.05) is 14.2 Å². The molecule has 1 aliphatic heterocycles. The van der Waals surface area contributed by atoms with E-state index >= 15 is 0 Å². The van der Waals surface area contributed by atoms with Gasteiger partial charge < -0.3 is 14.2 Å². The summed E-state index contributed by atoms with van der Waals surface area (Å²) in [7, 11) is 3.51. The minimum atomic E-state index is 0.0930. The third-order valence-corrected chi connectivity index (χ3v) is 8.64. The summed E-state index contributed by atoms with van der Waals surface area (Å²) >= 11 is 0. The van der Waals surface area contributed by atoms with E-state index in [1.165, 1.54) is 31.2 Å². The van der Waals surface area contributed by atoms with Crippen LogP contribution in [0.2, 0.25) is 0 Å². The van der Waals surface area contributed by atoms with E-state index in [1.54, 1.807) is 14.2 Å². The zero-order valence-corrected chi connectivity index (χ0v) is 17.2. The number of hydrogen-bond acceptors (Lipinski definition) is 3. The number of hydrogen-bond donors (Lipinski definition) is 0. The van der Waals surface area contributed by atoms with Crippen LogP contribution in [-0.4, -0.2) is 25.9 Å². The van der Waals surface area contributed by atoms with Crippen molar-refractivity contribution in [2.24, 2.45) is 22.7 Å². The normalized spacial score (nSPS) is 44.0. The summed E-state index contributed by atoms with van der Waals surface area (Å²) < 4.78 is 17.4. The van der Waals surface area contributed by atoms with Crippen molar-refractivity contribution >= 4 is 0 Å². The van der Waals surface area contributed by atoms with Gasteiger partial charge in [-0.3, -0.25) is 0 Å². The highest BCUT2D eigenvalue weighted by atomic mass is 16.6. The molecule has 3 aliphatic rings. The SMILES string of the molecule is COc1ccc(OC)c(C[C@]2(C)[C@@H](C)CC[C@@]3(C)[C@H]2CC[C@@H]2O[C@@]23C)c1. The van der Waals surface area contributed by atoms with Gasteiger partial charge in [0.2, 0.25) is 0 Å². The van der Waals surface area contributed by atoms with Gasteiger partial charge in [-0.05, 0) is 80.0 Å². The first-order valence-corrected chi connectivity index (χ1v) is 10.2. The van der Waals surface area contributed by atoms with Gasteiger partial charge in [0.25, 0.3) is 0 Å². The van der Waals surface area contributed by atoms with Crippen molar-refractivity contribution in [3.05, 3.63) is 23.8 Å². The Labute approximate surface area is 158 Å². The van der Waals surface area contributed by atoms with Gasteiger partial charge in [0.1, 0.15) is 11.5 Å². The van der Waals surface area contributed by atoms with E-state index in [-0.39, 0.29) is 16.4 Å². The van der Waals surface area contributed by atoms with Crippen LogP contribution in [0.5, 0.6) is 11.5 Å². The van der Waals surface area contributed by atoms with Crippen LogP contribution in [0.4, 0.5) is 0 Å². The average molecular weight is 359 g/mol. The van der Waals surface area contributed by atoms with Crippen molar-refractivity contribution in [3.63, 3.8) is 0 Å². The molecule has 1 heterocycles. The van der Waals surface area contributed by atoms with Crippen molar-refractivity contribution in [1.82, 2.24) is 0 Å². The van der Waals surface area contributed by atoms with Gasteiger partial charge in [0, 0.05) is 5.41 Å². The molecule has 0 bridgehead atoms. The minimum absolute atomic E-state index is 0.0930. The predicted molar refractivity (Wildman–Crippen MR) is 104 cm³/mol. The maximum absolute atomic E-state index is 6.25. The molecular formula is C23H34O3. The Hall–Kier alpha value is -1.22. The molecule has 144 valence electrons. The lowest BCUT2D eigenvalue weighted by Gasteiger charge is -2.59.